The number of carbonyl (C=O) groups is 2. The molecular weight excluding hydrogens is 697 g/mol. The summed E-state index contributed by atoms with van der Waals surface area (Å²) in [6.07, 6.45) is 0.909. The van der Waals surface area contributed by atoms with Crippen LogP contribution in [0.25, 0.3) is 0 Å². The van der Waals surface area contributed by atoms with Gasteiger partial charge in [0.2, 0.25) is 11.8 Å². The van der Waals surface area contributed by atoms with Crippen LogP contribution in [0.1, 0.15) is 31.4 Å². The van der Waals surface area contributed by atoms with Gasteiger partial charge in [0.05, 0.1) is 15.6 Å². The molecule has 0 saturated carbocycles. The van der Waals surface area contributed by atoms with E-state index in [4.69, 9.17) is 23.2 Å². The van der Waals surface area contributed by atoms with E-state index in [0.29, 0.717) is 6.42 Å². The highest BCUT2D eigenvalue weighted by Gasteiger charge is 2.35. The van der Waals surface area contributed by atoms with Gasteiger partial charge in [0, 0.05) is 28.5 Å². The lowest BCUT2D eigenvalue weighted by molar-refractivity contribution is -0.140. The fourth-order valence-corrected chi connectivity index (χ4v) is 7.07. The molecule has 0 aromatic heterocycles. The van der Waals surface area contributed by atoms with Gasteiger partial charge in [0.25, 0.3) is 10.0 Å². The Morgan fingerprint density at radius 1 is 0.867 bits per heavy atom. The van der Waals surface area contributed by atoms with E-state index in [1.165, 1.54) is 35.2 Å². The zero-order valence-corrected chi connectivity index (χ0v) is 28.8. The maximum Gasteiger partial charge on any atom is 0.264 e. The Bertz CT molecular complexity index is 1730. The third kappa shape index (κ3) is 9.10. The van der Waals surface area contributed by atoms with E-state index in [2.05, 4.69) is 21.2 Å². The number of amides is 2. The van der Waals surface area contributed by atoms with Crippen LogP contribution in [0.4, 0.5) is 5.69 Å². The lowest BCUT2D eigenvalue weighted by Gasteiger charge is -2.34. The zero-order chi connectivity index (χ0) is 32.6. The third-order valence-corrected chi connectivity index (χ3v) is 10.1. The first kappa shape index (κ1) is 34.5. The normalized spacial score (nSPS) is 12.6. The summed E-state index contributed by atoms with van der Waals surface area (Å²) in [5, 5.41) is 3.37. The van der Waals surface area contributed by atoms with Crippen molar-refractivity contribution >= 4 is 66.7 Å². The van der Waals surface area contributed by atoms with Gasteiger partial charge in [-0.05, 0) is 66.9 Å². The molecule has 4 aromatic rings. The van der Waals surface area contributed by atoms with Crippen molar-refractivity contribution in [3.05, 3.63) is 129 Å². The highest BCUT2D eigenvalue weighted by atomic mass is 79.9. The lowest BCUT2D eigenvalue weighted by Crippen LogP contribution is -2.54. The van der Waals surface area contributed by atoms with Crippen LogP contribution in [0.2, 0.25) is 10.0 Å². The summed E-state index contributed by atoms with van der Waals surface area (Å²) in [7, 11) is -4.29. The highest BCUT2D eigenvalue weighted by molar-refractivity contribution is 9.10. The van der Waals surface area contributed by atoms with Crippen molar-refractivity contribution in [2.24, 2.45) is 0 Å². The molecule has 0 bridgehead atoms. The lowest BCUT2D eigenvalue weighted by atomic mass is 10.0. The van der Waals surface area contributed by atoms with Gasteiger partial charge >= 0.3 is 0 Å². The SMILES string of the molecule is CC[C@H](C)NC(=O)[C@@H](Cc1ccccc1)N(Cc1cccc(Br)c1)C(=O)CN(c1cc(Cl)ccc1Cl)S(=O)(=O)c1ccccc1. The van der Waals surface area contributed by atoms with Gasteiger partial charge in [-0.1, -0.05) is 107 Å². The molecule has 0 fully saturated rings. The molecule has 4 rings (SSSR count). The monoisotopic (exact) mass is 729 g/mol. The topological polar surface area (TPSA) is 86.8 Å². The first-order valence-corrected chi connectivity index (χ1v) is 17.4. The van der Waals surface area contributed by atoms with E-state index >= 15 is 0 Å². The second-order valence-electron chi connectivity index (χ2n) is 10.6. The maximum absolute atomic E-state index is 14.5. The van der Waals surface area contributed by atoms with Gasteiger partial charge in [-0.3, -0.25) is 13.9 Å². The summed E-state index contributed by atoms with van der Waals surface area (Å²) < 4.78 is 30.0. The molecule has 2 amide bonds. The van der Waals surface area contributed by atoms with Crippen molar-refractivity contribution in [1.29, 1.82) is 0 Å². The van der Waals surface area contributed by atoms with E-state index in [1.54, 1.807) is 18.2 Å². The Morgan fingerprint density at radius 3 is 2.16 bits per heavy atom. The summed E-state index contributed by atoms with van der Waals surface area (Å²) >= 11 is 16.3. The summed E-state index contributed by atoms with van der Waals surface area (Å²) in [5.41, 5.74) is 1.65. The molecule has 4 aromatic carbocycles. The van der Waals surface area contributed by atoms with Crippen molar-refractivity contribution in [2.75, 3.05) is 10.8 Å². The third-order valence-electron chi connectivity index (χ3n) is 7.30. The molecule has 7 nitrogen and oxygen atoms in total. The number of nitrogens with zero attached hydrogens (tertiary/aromatic N) is 2. The zero-order valence-electron chi connectivity index (χ0n) is 24.9. The first-order valence-electron chi connectivity index (χ1n) is 14.4. The molecule has 0 radical (unpaired) electrons. The average Bonchev–Trinajstić information content (AvgIpc) is 3.03. The Hall–Kier alpha value is -3.37. The molecule has 2 atom stereocenters. The van der Waals surface area contributed by atoms with Crippen LogP contribution in [0.5, 0.6) is 0 Å². The van der Waals surface area contributed by atoms with Crippen LogP contribution < -0.4 is 9.62 Å². The molecule has 0 aliphatic carbocycles. The molecule has 1 N–H and O–H groups in total. The molecule has 0 aliphatic heterocycles. The molecular formula is C34H34BrCl2N3O4S. The number of rotatable bonds is 13. The number of sulfonamides is 1. The number of carbonyl (C=O) groups excluding carboxylic acids is 2. The van der Waals surface area contributed by atoms with E-state index in [0.717, 1.165) is 19.9 Å². The van der Waals surface area contributed by atoms with Gasteiger partial charge in [0.15, 0.2) is 0 Å². The van der Waals surface area contributed by atoms with Gasteiger partial charge in [-0.2, -0.15) is 0 Å². The highest BCUT2D eigenvalue weighted by Crippen LogP contribution is 2.33. The second-order valence-corrected chi connectivity index (χ2v) is 14.2. The second kappa shape index (κ2) is 15.8. The molecule has 236 valence electrons. The first-order chi connectivity index (χ1) is 21.5. The van der Waals surface area contributed by atoms with Crippen molar-refractivity contribution in [2.45, 2.75) is 50.2 Å². The minimum absolute atomic E-state index is 0.0252. The molecule has 0 saturated heterocycles. The summed E-state index contributed by atoms with van der Waals surface area (Å²) in [4.78, 5) is 29.9. The Morgan fingerprint density at radius 2 is 1.51 bits per heavy atom. The smallest absolute Gasteiger partial charge is 0.264 e. The summed E-state index contributed by atoms with van der Waals surface area (Å²) in [6, 6.07) is 27.9. The van der Waals surface area contributed by atoms with Crippen LogP contribution in [0.3, 0.4) is 0 Å². The van der Waals surface area contributed by atoms with Crippen LogP contribution in [0.15, 0.2) is 112 Å². The van der Waals surface area contributed by atoms with Crippen molar-refractivity contribution in [3.63, 3.8) is 0 Å². The largest absolute Gasteiger partial charge is 0.352 e. The molecule has 0 spiro atoms. The Balaban J connectivity index is 1.83. The van der Waals surface area contributed by atoms with Gasteiger partial charge in [-0.15, -0.1) is 0 Å². The molecule has 0 unspecified atom stereocenters. The van der Waals surface area contributed by atoms with Gasteiger partial charge in [-0.25, -0.2) is 8.42 Å². The predicted molar refractivity (Wildman–Crippen MR) is 184 cm³/mol. The fourth-order valence-electron chi connectivity index (χ4n) is 4.74. The number of hydrogen-bond donors (Lipinski definition) is 1. The average molecular weight is 732 g/mol. The van der Waals surface area contributed by atoms with E-state index in [1.807, 2.05) is 68.4 Å². The molecule has 45 heavy (non-hydrogen) atoms. The number of anilines is 1. The van der Waals surface area contributed by atoms with E-state index in [9.17, 15) is 18.0 Å². The number of nitrogens with one attached hydrogen (secondary N) is 1. The van der Waals surface area contributed by atoms with Crippen LogP contribution in [0, 0.1) is 0 Å². The minimum Gasteiger partial charge on any atom is -0.352 e. The van der Waals surface area contributed by atoms with E-state index in [-0.39, 0.29) is 45.5 Å². The predicted octanol–water partition coefficient (Wildman–Crippen LogP) is 7.51. The minimum atomic E-state index is -4.29. The van der Waals surface area contributed by atoms with Crippen molar-refractivity contribution < 1.29 is 18.0 Å². The van der Waals surface area contributed by atoms with Crippen molar-refractivity contribution in [1.82, 2.24) is 10.2 Å². The number of hydrogen-bond acceptors (Lipinski definition) is 4. The standard InChI is InChI=1S/C34H34BrCl2N3O4S/c1-3-24(2)38-34(42)32(20-25-11-6-4-7-12-25)39(22-26-13-10-14-27(35)19-26)33(41)23-40(31-21-28(36)17-18-30(31)37)45(43,44)29-15-8-5-9-16-29/h4-19,21,24,32H,3,20,22-23H2,1-2H3,(H,38,42)/t24-,32+/m0/s1. The number of halogens is 3. The summed E-state index contributed by atoms with van der Waals surface area (Å²) in [5.74, 6) is -0.930. The fraction of sp³-hybridized carbons (Fsp3) is 0.235. The molecule has 11 heteroatoms. The van der Waals surface area contributed by atoms with Crippen LogP contribution >= 0.6 is 39.1 Å². The van der Waals surface area contributed by atoms with E-state index < -0.39 is 28.5 Å². The Labute approximate surface area is 283 Å². The maximum atomic E-state index is 14.5. The van der Waals surface area contributed by atoms with Gasteiger partial charge < -0.3 is 10.2 Å². The van der Waals surface area contributed by atoms with Crippen LogP contribution in [-0.4, -0.2) is 43.8 Å². The quantitative estimate of drug-likeness (QED) is 0.154. The number of benzene rings is 4. The molecule has 0 heterocycles. The van der Waals surface area contributed by atoms with Crippen molar-refractivity contribution in [3.8, 4) is 0 Å². The summed E-state index contributed by atoms with van der Waals surface area (Å²) in [6.45, 7) is 3.27. The Kier molecular flexibility index (Phi) is 12.1. The molecule has 0 aliphatic rings. The van der Waals surface area contributed by atoms with Gasteiger partial charge in [0.1, 0.15) is 12.6 Å². The van der Waals surface area contributed by atoms with Crippen LogP contribution in [-0.2, 0) is 32.6 Å².